The van der Waals surface area contributed by atoms with Crippen molar-refractivity contribution >= 4 is 60.6 Å². The number of fused-ring (bicyclic) bond motifs is 1. The van der Waals surface area contributed by atoms with E-state index in [2.05, 4.69) is 41.9 Å². The van der Waals surface area contributed by atoms with E-state index in [0.717, 1.165) is 15.6 Å². The molecular formula is C25H20Br2ClN3O3. The number of halogens is 3. The van der Waals surface area contributed by atoms with Crippen molar-refractivity contribution in [2.75, 3.05) is 7.11 Å². The fourth-order valence-electron chi connectivity index (χ4n) is 3.39. The molecule has 0 bridgehead atoms. The number of aryl methyl sites for hydroxylation is 1. The third kappa shape index (κ3) is 5.19. The Morgan fingerprint density at radius 2 is 1.94 bits per heavy atom. The van der Waals surface area contributed by atoms with Crippen LogP contribution in [0, 0.1) is 0 Å². The summed E-state index contributed by atoms with van der Waals surface area (Å²) >= 11 is 13.2. The van der Waals surface area contributed by atoms with Gasteiger partial charge in [-0.1, -0.05) is 52.7 Å². The number of rotatable bonds is 7. The van der Waals surface area contributed by atoms with Gasteiger partial charge in [-0.05, 0) is 57.9 Å². The number of ether oxygens (including phenoxy) is 2. The Labute approximate surface area is 218 Å². The summed E-state index contributed by atoms with van der Waals surface area (Å²) in [4.78, 5) is 17.7. The van der Waals surface area contributed by atoms with Crippen molar-refractivity contribution in [3.8, 4) is 11.5 Å². The van der Waals surface area contributed by atoms with Gasteiger partial charge in [-0.25, -0.2) is 4.98 Å². The molecule has 3 aromatic carbocycles. The summed E-state index contributed by atoms with van der Waals surface area (Å²) in [7, 11) is 1.57. The topological polar surface area (TPSA) is 65.7 Å². The first-order chi connectivity index (χ1) is 16.4. The summed E-state index contributed by atoms with van der Waals surface area (Å²) in [6.07, 6.45) is 2.15. The molecule has 0 unspecified atom stereocenters. The van der Waals surface area contributed by atoms with Crippen molar-refractivity contribution in [3.05, 3.63) is 95.9 Å². The molecule has 4 aromatic rings. The highest BCUT2D eigenvalue weighted by molar-refractivity contribution is 9.10. The Bertz CT molecular complexity index is 1450. The zero-order valence-corrected chi connectivity index (χ0v) is 22.3. The van der Waals surface area contributed by atoms with Gasteiger partial charge in [0.1, 0.15) is 12.4 Å². The standard InChI is InChI=1S/C25H20Br2ClN3O3/c1-3-23-30-21-9-8-17(26)12-18(21)25(32)31(23)29-13-15-10-19(27)24(22(11-15)33-2)34-14-16-6-4-5-7-20(16)28/h4-13H,3,14H2,1-2H3. The Morgan fingerprint density at radius 3 is 2.68 bits per heavy atom. The second kappa shape index (κ2) is 10.7. The average Bonchev–Trinajstić information content (AvgIpc) is 2.83. The van der Waals surface area contributed by atoms with Crippen molar-refractivity contribution in [1.82, 2.24) is 9.66 Å². The average molecular weight is 606 g/mol. The molecule has 1 aromatic heterocycles. The SMILES string of the molecule is CCc1nc2ccc(Br)cc2c(=O)n1N=Cc1cc(Br)c(OCc2ccccc2Cl)c(OC)c1. The lowest BCUT2D eigenvalue weighted by Gasteiger charge is -2.14. The maximum Gasteiger partial charge on any atom is 0.282 e. The number of nitrogens with zero attached hydrogens (tertiary/aromatic N) is 3. The van der Waals surface area contributed by atoms with E-state index >= 15 is 0 Å². The minimum absolute atomic E-state index is 0.231. The van der Waals surface area contributed by atoms with Crippen molar-refractivity contribution < 1.29 is 9.47 Å². The normalized spacial score (nSPS) is 11.3. The van der Waals surface area contributed by atoms with Crippen LogP contribution in [-0.2, 0) is 13.0 Å². The van der Waals surface area contributed by atoms with Crippen LogP contribution in [0.5, 0.6) is 11.5 Å². The van der Waals surface area contributed by atoms with Crippen molar-refractivity contribution in [1.29, 1.82) is 0 Å². The van der Waals surface area contributed by atoms with Gasteiger partial charge in [0, 0.05) is 21.5 Å². The predicted octanol–water partition coefficient (Wildman–Crippen LogP) is 6.61. The van der Waals surface area contributed by atoms with Crippen LogP contribution >= 0.6 is 43.5 Å². The van der Waals surface area contributed by atoms with Crippen LogP contribution in [0.2, 0.25) is 5.02 Å². The zero-order chi connectivity index (χ0) is 24.2. The van der Waals surface area contributed by atoms with E-state index in [1.54, 1.807) is 25.5 Å². The van der Waals surface area contributed by atoms with Gasteiger partial charge >= 0.3 is 0 Å². The first kappa shape index (κ1) is 24.4. The summed E-state index contributed by atoms with van der Waals surface area (Å²) in [5, 5.41) is 5.57. The molecule has 6 nitrogen and oxygen atoms in total. The monoisotopic (exact) mass is 603 g/mol. The second-order valence-electron chi connectivity index (χ2n) is 7.32. The molecule has 0 saturated heterocycles. The lowest BCUT2D eigenvalue weighted by molar-refractivity contribution is 0.282. The van der Waals surface area contributed by atoms with Gasteiger partial charge in [-0.2, -0.15) is 9.78 Å². The number of aromatic nitrogens is 2. The smallest absolute Gasteiger partial charge is 0.282 e. The Kier molecular flexibility index (Phi) is 7.70. The molecule has 0 aliphatic heterocycles. The minimum atomic E-state index is -0.231. The highest BCUT2D eigenvalue weighted by Gasteiger charge is 2.13. The number of methoxy groups -OCH3 is 1. The van der Waals surface area contributed by atoms with E-state index in [0.29, 0.717) is 44.1 Å². The third-order valence-electron chi connectivity index (χ3n) is 5.10. The predicted molar refractivity (Wildman–Crippen MR) is 143 cm³/mol. The molecule has 34 heavy (non-hydrogen) atoms. The molecule has 9 heteroatoms. The van der Waals surface area contributed by atoms with Gasteiger partial charge in [0.2, 0.25) is 0 Å². The van der Waals surface area contributed by atoms with Crippen LogP contribution in [0.3, 0.4) is 0 Å². The van der Waals surface area contributed by atoms with Gasteiger partial charge in [0.05, 0.1) is 28.7 Å². The Morgan fingerprint density at radius 1 is 1.15 bits per heavy atom. The maximum absolute atomic E-state index is 13.1. The number of hydrogen-bond acceptors (Lipinski definition) is 5. The summed E-state index contributed by atoms with van der Waals surface area (Å²) in [5.74, 6) is 1.64. The molecule has 0 fully saturated rings. The van der Waals surface area contributed by atoms with E-state index in [1.807, 2.05) is 49.4 Å². The minimum Gasteiger partial charge on any atom is -0.493 e. The molecule has 0 atom stereocenters. The largest absolute Gasteiger partial charge is 0.493 e. The molecule has 0 radical (unpaired) electrons. The van der Waals surface area contributed by atoms with Crippen molar-refractivity contribution in [3.63, 3.8) is 0 Å². The molecule has 0 amide bonds. The molecule has 174 valence electrons. The first-order valence-corrected chi connectivity index (χ1v) is 12.4. The van der Waals surface area contributed by atoms with Gasteiger partial charge in [0.25, 0.3) is 5.56 Å². The van der Waals surface area contributed by atoms with Gasteiger partial charge in [-0.15, -0.1) is 0 Å². The summed E-state index contributed by atoms with van der Waals surface area (Å²) < 4.78 is 14.3. The van der Waals surface area contributed by atoms with Crippen LogP contribution in [0.1, 0.15) is 23.9 Å². The number of benzene rings is 3. The molecule has 1 heterocycles. The number of hydrogen-bond donors (Lipinski definition) is 0. The van der Waals surface area contributed by atoms with Crippen molar-refractivity contribution in [2.24, 2.45) is 5.10 Å². The van der Waals surface area contributed by atoms with Crippen molar-refractivity contribution in [2.45, 2.75) is 20.0 Å². The summed E-state index contributed by atoms with van der Waals surface area (Å²) in [5.41, 5.74) is 1.99. The molecule has 0 aliphatic rings. The quantitative estimate of drug-likeness (QED) is 0.223. The first-order valence-electron chi connectivity index (χ1n) is 10.4. The van der Waals surface area contributed by atoms with E-state index in [9.17, 15) is 4.79 Å². The molecule has 0 spiro atoms. The van der Waals surface area contributed by atoms with Crippen LogP contribution in [0.4, 0.5) is 0 Å². The van der Waals surface area contributed by atoms with E-state index in [1.165, 1.54) is 4.68 Å². The summed E-state index contributed by atoms with van der Waals surface area (Å²) in [6.45, 7) is 2.22. The third-order valence-corrected chi connectivity index (χ3v) is 6.55. The van der Waals surface area contributed by atoms with Gasteiger partial charge in [0.15, 0.2) is 11.5 Å². The van der Waals surface area contributed by atoms with Crippen LogP contribution in [0.15, 0.2) is 73.4 Å². The molecule has 0 aliphatic carbocycles. The molecule has 0 saturated carbocycles. The second-order valence-corrected chi connectivity index (χ2v) is 9.50. The maximum atomic E-state index is 13.1. The highest BCUT2D eigenvalue weighted by atomic mass is 79.9. The van der Waals surface area contributed by atoms with Crippen LogP contribution < -0.4 is 15.0 Å². The zero-order valence-electron chi connectivity index (χ0n) is 18.4. The fourth-order valence-corrected chi connectivity index (χ4v) is 4.51. The van der Waals surface area contributed by atoms with Gasteiger partial charge in [-0.3, -0.25) is 4.79 Å². The van der Waals surface area contributed by atoms with E-state index in [-0.39, 0.29) is 12.2 Å². The lowest BCUT2D eigenvalue weighted by atomic mass is 10.2. The molecule has 4 rings (SSSR count). The Balaban J connectivity index is 1.67. The van der Waals surface area contributed by atoms with E-state index in [4.69, 9.17) is 21.1 Å². The molecular weight excluding hydrogens is 586 g/mol. The lowest BCUT2D eigenvalue weighted by Crippen LogP contribution is -2.22. The van der Waals surface area contributed by atoms with E-state index < -0.39 is 0 Å². The van der Waals surface area contributed by atoms with Crippen LogP contribution in [0.25, 0.3) is 10.9 Å². The van der Waals surface area contributed by atoms with Crippen LogP contribution in [-0.4, -0.2) is 23.0 Å². The van der Waals surface area contributed by atoms with Gasteiger partial charge < -0.3 is 9.47 Å². The fraction of sp³-hybridized carbons (Fsp3) is 0.160. The molecule has 0 N–H and O–H groups in total. The Hall–Kier alpha value is -2.68. The summed E-state index contributed by atoms with van der Waals surface area (Å²) in [6, 6.07) is 16.6. The highest BCUT2D eigenvalue weighted by Crippen LogP contribution is 2.37.